The molecule has 0 saturated heterocycles. The summed E-state index contributed by atoms with van der Waals surface area (Å²) in [6.07, 6.45) is 6.23. The van der Waals surface area contributed by atoms with Gasteiger partial charge in [0.05, 0.1) is 26.4 Å². The summed E-state index contributed by atoms with van der Waals surface area (Å²) >= 11 is 0. The van der Waals surface area contributed by atoms with Gasteiger partial charge in [0.25, 0.3) is 0 Å². The van der Waals surface area contributed by atoms with E-state index in [9.17, 15) is 24.0 Å². The monoisotopic (exact) mass is 586 g/mol. The standard InChI is InChI=1S/C27H50N6O8/c1-8-11-21(2)18-39-31-41-26(38)22(3)30-25(37)17-28-24(36)16-27(4,5)19-40-33(7)20-29-23(35)12-14-32(6)13-9-10-15-34/h9-10,15,21-22,31H,8,11-14,16-20H2,1-7H3,(H,28,36)(H,29,35)(H,30,37)/b10-9-. The third-order valence-electron chi connectivity index (χ3n) is 5.69. The number of rotatable bonds is 23. The lowest BCUT2D eigenvalue weighted by molar-refractivity contribution is -0.196. The molecule has 0 saturated carbocycles. The third-order valence-corrected chi connectivity index (χ3v) is 5.69. The molecule has 0 radical (unpaired) electrons. The van der Waals surface area contributed by atoms with Crippen LogP contribution in [0.15, 0.2) is 12.2 Å². The summed E-state index contributed by atoms with van der Waals surface area (Å²) in [5.74, 6) is -1.48. The molecule has 14 heteroatoms. The van der Waals surface area contributed by atoms with Crippen molar-refractivity contribution in [3.63, 3.8) is 0 Å². The molecule has 41 heavy (non-hydrogen) atoms. The topological polar surface area (TPSA) is 168 Å². The van der Waals surface area contributed by atoms with Crippen molar-refractivity contribution in [1.29, 1.82) is 0 Å². The highest BCUT2D eigenvalue weighted by atomic mass is 16.9. The van der Waals surface area contributed by atoms with Crippen LogP contribution in [-0.2, 0) is 38.5 Å². The number of nitrogens with zero attached hydrogens (tertiary/aromatic N) is 2. The van der Waals surface area contributed by atoms with E-state index in [0.29, 0.717) is 38.3 Å². The number of carbonyl (C=O) groups excluding carboxylic acids is 5. The minimum atomic E-state index is -0.948. The van der Waals surface area contributed by atoms with Crippen LogP contribution in [0.2, 0.25) is 0 Å². The first kappa shape index (κ1) is 38.1. The van der Waals surface area contributed by atoms with E-state index >= 15 is 0 Å². The molecule has 0 aliphatic heterocycles. The average molecular weight is 587 g/mol. The normalized spacial score (nSPS) is 13.2. The first-order valence-electron chi connectivity index (χ1n) is 13.8. The lowest BCUT2D eigenvalue weighted by Gasteiger charge is -2.27. The molecule has 0 aromatic rings. The zero-order valence-electron chi connectivity index (χ0n) is 25.6. The van der Waals surface area contributed by atoms with E-state index in [1.165, 1.54) is 18.1 Å². The molecule has 2 atom stereocenters. The molecule has 0 aromatic carbocycles. The van der Waals surface area contributed by atoms with Gasteiger partial charge >= 0.3 is 5.97 Å². The van der Waals surface area contributed by atoms with Crippen molar-refractivity contribution in [2.45, 2.75) is 66.3 Å². The summed E-state index contributed by atoms with van der Waals surface area (Å²) in [7, 11) is 3.52. The Labute approximate surface area is 243 Å². The molecule has 2 unspecified atom stereocenters. The minimum Gasteiger partial charge on any atom is -0.347 e. The second-order valence-electron chi connectivity index (χ2n) is 10.9. The van der Waals surface area contributed by atoms with Crippen LogP contribution in [-0.4, -0.2) is 99.6 Å². The molecule has 14 nitrogen and oxygen atoms in total. The van der Waals surface area contributed by atoms with Crippen LogP contribution in [0.25, 0.3) is 0 Å². The van der Waals surface area contributed by atoms with Gasteiger partial charge in [-0.2, -0.15) is 5.06 Å². The van der Waals surface area contributed by atoms with Gasteiger partial charge in [0.1, 0.15) is 12.3 Å². The number of likely N-dealkylation sites (N-methyl/N-ethyl adjacent to an activating group) is 1. The highest BCUT2D eigenvalue weighted by Gasteiger charge is 2.24. The Bertz CT molecular complexity index is 839. The Morgan fingerprint density at radius 3 is 2.39 bits per heavy atom. The Kier molecular flexibility index (Phi) is 20.2. The largest absolute Gasteiger partial charge is 0.349 e. The lowest BCUT2D eigenvalue weighted by Crippen LogP contribution is -2.46. The fraction of sp³-hybridized carbons (Fsp3) is 0.741. The maximum absolute atomic E-state index is 12.4. The summed E-state index contributed by atoms with van der Waals surface area (Å²) in [5, 5.41) is 9.20. The zero-order chi connectivity index (χ0) is 31.3. The maximum Gasteiger partial charge on any atom is 0.349 e. The van der Waals surface area contributed by atoms with Crippen LogP contribution in [0, 0.1) is 11.3 Å². The highest BCUT2D eigenvalue weighted by Crippen LogP contribution is 2.20. The van der Waals surface area contributed by atoms with E-state index in [1.54, 1.807) is 13.1 Å². The van der Waals surface area contributed by atoms with Crippen LogP contribution >= 0.6 is 0 Å². The van der Waals surface area contributed by atoms with E-state index in [4.69, 9.17) is 14.5 Å². The minimum absolute atomic E-state index is 0.0840. The van der Waals surface area contributed by atoms with Gasteiger partial charge < -0.3 is 25.7 Å². The van der Waals surface area contributed by atoms with E-state index in [2.05, 4.69) is 28.5 Å². The van der Waals surface area contributed by atoms with Gasteiger partial charge in [0.2, 0.25) is 17.7 Å². The van der Waals surface area contributed by atoms with Crippen molar-refractivity contribution in [2.75, 3.05) is 53.6 Å². The van der Waals surface area contributed by atoms with Gasteiger partial charge in [0, 0.05) is 33.0 Å². The number of carbonyl (C=O) groups is 5. The second-order valence-corrected chi connectivity index (χ2v) is 10.9. The quantitative estimate of drug-likeness (QED) is 0.0431. The van der Waals surface area contributed by atoms with Crippen molar-refractivity contribution in [2.24, 2.45) is 11.3 Å². The van der Waals surface area contributed by atoms with Crippen molar-refractivity contribution in [1.82, 2.24) is 31.6 Å². The summed E-state index contributed by atoms with van der Waals surface area (Å²) in [5.41, 5.74) is 1.57. The maximum atomic E-state index is 12.4. The van der Waals surface area contributed by atoms with E-state index < -0.39 is 23.3 Å². The number of hydroxylamine groups is 2. The average Bonchev–Trinajstić information content (AvgIpc) is 2.90. The third kappa shape index (κ3) is 21.5. The molecular weight excluding hydrogens is 536 g/mol. The van der Waals surface area contributed by atoms with Crippen molar-refractivity contribution in [3.8, 4) is 0 Å². The number of allylic oxidation sites excluding steroid dienone is 1. The van der Waals surface area contributed by atoms with Crippen LogP contribution in [0.1, 0.15) is 60.3 Å². The predicted octanol–water partition coefficient (Wildman–Crippen LogP) is 0.453. The van der Waals surface area contributed by atoms with E-state index in [1.807, 2.05) is 32.7 Å². The summed E-state index contributed by atoms with van der Waals surface area (Å²) in [6, 6.07) is -0.948. The highest BCUT2D eigenvalue weighted by molar-refractivity contribution is 5.88. The Balaban J connectivity index is 4.19. The van der Waals surface area contributed by atoms with Gasteiger partial charge in [-0.3, -0.25) is 28.9 Å². The zero-order valence-corrected chi connectivity index (χ0v) is 25.6. The Morgan fingerprint density at radius 1 is 1.02 bits per heavy atom. The van der Waals surface area contributed by atoms with Crippen molar-refractivity contribution < 1.29 is 38.5 Å². The Morgan fingerprint density at radius 2 is 1.73 bits per heavy atom. The summed E-state index contributed by atoms with van der Waals surface area (Å²) in [4.78, 5) is 76.2. The second kappa shape index (κ2) is 21.8. The van der Waals surface area contributed by atoms with E-state index in [0.717, 1.165) is 12.8 Å². The number of hydrogen-bond donors (Lipinski definition) is 4. The van der Waals surface area contributed by atoms with E-state index in [-0.39, 0.29) is 38.1 Å². The molecule has 0 aromatic heterocycles. The molecule has 3 amide bonds. The molecule has 0 heterocycles. The molecule has 0 bridgehead atoms. The predicted molar refractivity (Wildman–Crippen MR) is 152 cm³/mol. The number of aldehydes is 1. The van der Waals surface area contributed by atoms with Crippen molar-refractivity contribution >= 4 is 30.0 Å². The van der Waals surface area contributed by atoms with Crippen LogP contribution in [0.5, 0.6) is 0 Å². The molecule has 236 valence electrons. The van der Waals surface area contributed by atoms with Crippen LogP contribution < -0.4 is 21.6 Å². The fourth-order valence-electron chi connectivity index (χ4n) is 3.29. The smallest absolute Gasteiger partial charge is 0.347 e. The molecule has 4 N–H and O–H groups in total. The SMILES string of the molecule is CCCC(C)CONOC(=O)C(C)NC(=O)CNC(=O)CC(C)(C)CON(C)CNC(=O)CCN(C)C/C=C\C=O. The van der Waals surface area contributed by atoms with Gasteiger partial charge in [0.15, 0.2) is 0 Å². The summed E-state index contributed by atoms with van der Waals surface area (Å²) < 4.78 is 0. The van der Waals surface area contributed by atoms with Gasteiger partial charge in [-0.25, -0.2) is 4.79 Å². The summed E-state index contributed by atoms with van der Waals surface area (Å²) in [6.45, 7) is 10.8. The Hall–Kier alpha value is -2.91. The van der Waals surface area contributed by atoms with Crippen LogP contribution in [0.3, 0.4) is 0 Å². The molecule has 0 aliphatic carbocycles. The first-order valence-corrected chi connectivity index (χ1v) is 13.8. The molecule has 0 spiro atoms. The molecular formula is C27H50N6O8. The van der Waals surface area contributed by atoms with Gasteiger partial charge in [-0.1, -0.05) is 40.2 Å². The number of amides is 3. The van der Waals surface area contributed by atoms with Gasteiger partial charge in [-0.05, 0) is 43.4 Å². The molecule has 0 aliphatic rings. The number of nitrogens with one attached hydrogen (secondary N) is 4. The van der Waals surface area contributed by atoms with Gasteiger partial charge in [-0.15, -0.1) is 0 Å². The van der Waals surface area contributed by atoms with Crippen molar-refractivity contribution in [3.05, 3.63) is 12.2 Å². The molecule has 0 rings (SSSR count). The number of hydrogen-bond acceptors (Lipinski definition) is 11. The van der Waals surface area contributed by atoms with Crippen LogP contribution in [0.4, 0.5) is 0 Å². The fourth-order valence-corrected chi connectivity index (χ4v) is 3.29. The first-order chi connectivity index (χ1) is 19.3. The molecule has 0 fully saturated rings. The lowest BCUT2D eigenvalue weighted by atomic mass is 9.90.